The van der Waals surface area contributed by atoms with Gasteiger partial charge in [-0.15, -0.1) is 0 Å². The first-order chi connectivity index (χ1) is 12.7. The fourth-order valence-electron chi connectivity index (χ4n) is 3.32. The number of amides is 1. The Morgan fingerprint density at radius 3 is 2.81 bits per heavy atom. The number of rotatable bonds is 5. The Morgan fingerprint density at radius 1 is 1.12 bits per heavy atom. The van der Waals surface area contributed by atoms with Crippen molar-refractivity contribution in [2.24, 2.45) is 0 Å². The highest BCUT2D eigenvalue weighted by atomic mass is 16.6. The van der Waals surface area contributed by atoms with Crippen LogP contribution in [0.15, 0.2) is 48.7 Å². The molecule has 3 aromatic rings. The standard InChI is InChI=1S/C21H22N2O3/c1-23(14-15-6-8-19-20(12-15)26-11-10-25-19)21(24)9-7-16-13-22-18-5-3-2-4-17(16)18/h2-6,8,12-13,22H,7,9-11,14H2,1H3. The van der Waals surface area contributed by atoms with E-state index in [1.165, 1.54) is 10.9 Å². The number of para-hydroxylation sites is 1. The van der Waals surface area contributed by atoms with Crippen molar-refractivity contribution in [2.45, 2.75) is 19.4 Å². The molecule has 0 unspecified atom stereocenters. The van der Waals surface area contributed by atoms with Gasteiger partial charge in [-0.2, -0.15) is 0 Å². The third-order valence-electron chi connectivity index (χ3n) is 4.74. The van der Waals surface area contributed by atoms with Crippen molar-refractivity contribution >= 4 is 16.8 Å². The fraction of sp³-hybridized carbons (Fsp3) is 0.286. The summed E-state index contributed by atoms with van der Waals surface area (Å²) >= 11 is 0. The first kappa shape index (κ1) is 16.5. The molecule has 26 heavy (non-hydrogen) atoms. The Labute approximate surface area is 152 Å². The molecule has 0 spiro atoms. The minimum absolute atomic E-state index is 0.130. The molecular formula is C21H22N2O3. The van der Waals surface area contributed by atoms with Gasteiger partial charge in [-0.05, 0) is 35.7 Å². The summed E-state index contributed by atoms with van der Waals surface area (Å²) in [4.78, 5) is 17.6. The summed E-state index contributed by atoms with van der Waals surface area (Å²) in [5.41, 5.74) is 3.33. The monoisotopic (exact) mass is 350 g/mol. The first-order valence-corrected chi connectivity index (χ1v) is 8.88. The quantitative estimate of drug-likeness (QED) is 0.766. The number of carbonyl (C=O) groups is 1. The predicted molar refractivity (Wildman–Crippen MR) is 101 cm³/mol. The van der Waals surface area contributed by atoms with E-state index in [9.17, 15) is 4.79 Å². The third kappa shape index (κ3) is 3.38. The topological polar surface area (TPSA) is 54.6 Å². The van der Waals surface area contributed by atoms with Crippen molar-refractivity contribution in [1.82, 2.24) is 9.88 Å². The second-order valence-corrected chi connectivity index (χ2v) is 6.59. The molecule has 0 atom stereocenters. The number of nitrogens with zero attached hydrogens (tertiary/aromatic N) is 1. The van der Waals surface area contributed by atoms with Crippen LogP contribution in [0.4, 0.5) is 0 Å². The molecule has 2 heterocycles. The van der Waals surface area contributed by atoms with Gasteiger partial charge in [0.25, 0.3) is 0 Å². The fourth-order valence-corrected chi connectivity index (χ4v) is 3.32. The van der Waals surface area contributed by atoms with Gasteiger partial charge in [-0.1, -0.05) is 24.3 Å². The molecule has 0 saturated heterocycles. The number of hydrogen-bond acceptors (Lipinski definition) is 3. The maximum absolute atomic E-state index is 12.5. The molecule has 4 rings (SSSR count). The van der Waals surface area contributed by atoms with Crippen LogP contribution in [-0.2, 0) is 17.8 Å². The Hall–Kier alpha value is -2.95. The van der Waals surface area contributed by atoms with Crippen LogP contribution in [0.3, 0.4) is 0 Å². The molecule has 134 valence electrons. The van der Waals surface area contributed by atoms with Gasteiger partial charge in [0.2, 0.25) is 5.91 Å². The van der Waals surface area contributed by atoms with E-state index in [0.29, 0.717) is 26.2 Å². The summed E-state index contributed by atoms with van der Waals surface area (Å²) < 4.78 is 11.1. The average Bonchev–Trinajstić information content (AvgIpc) is 3.09. The zero-order valence-corrected chi connectivity index (χ0v) is 14.8. The van der Waals surface area contributed by atoms with E-state index in [1.54, 1.807) is 4.90 Å². The summed E-state index contributed by atoms with van der Waals surface area (Å²) in [5, 5.41) is 1.19. The highest BCUT2D eigenvalue weighted by molar-refractivity contribution is 5.84. The second kappa shape index (κ2) is 7.12. The molecular weight excluding hydrogens is 328 g/mol. The Kier molecular flexibility index (Phi) is 4.52. The number of H-pyrrole nitrogens is 1. The van der Waals surface area contributed by atoms with E-state index < -0.39 is 0 Å². The SMILES string of the molecule is CN(Cc1ccc2c(c1)OCCO2)C(=O)CCc1c[nH]c2ccccc12. The van der Waals surface area contributed by atoms with Crippen molar-refractivity contribution in [1.29, 1.82) is 0 Å². The smallest absolute Gasteiger partial charge is 0.222 e. The van der Waals surface area contributed by atoms with Gasteiger partial charge < -0.3 is 19.4 Å². The lowest BCUT2D eigenvalue weighted by Crippen LogP contribution is -2.26. The van der Waals surface area contributed by atoms with Crippen molar-refractivity contribution in [3.63, 3.8) is 0 Å². The summed E-state index contributed by atoms with van der Waals surface area (Å²) in [6, 6.07) is 14.0. The van der Waals surface area contributed by atoms with E-state index in [-0.39, 0.29) is 5.91 Å². The summed E-state index contributed by atoms with van der Waals surface area (Å²) in [6.07, 6.45) is 3.22. The highest BCUT2D eigenvalue weighted by Crippen LogP contribution is 2.31. The zero-order chi connectivity index (χ0) is 17.9. The van der Waals surface area contributed by atoms with E-state index in [2.05, 4.69) is 17.1 Å². The van der Waals surface area contributed by atoms with Crippen LogP contribution >= 0.6 is 0 Å². The average molecular weight is 350 g/mol. The normalized spacial score (nSPS) is 13.0. The molecule has 1 aliphatic rings. The number of aromatic nitrogens is 1. The Morgan fingerprint density at radius 2 is 1.92 bits per heavy atom. The number of nitrogens with one attached hydrogen (secondary N) is 1. The van der Waals surface area contributed by atoms with Crippen molar-refractivity contribution < 1.29 is 14.3 Å². The van der Waals surface area contributed by atoms with Gasteiger partial charge in [0.15, 0.2) is 11.5 Å². The van der Waals surface area contributed by atoms with E-state index in [0.717, 1.165) is 29.0 Å². The van der Waals surface area contributed by atoms with Gasteiger partial charge in [-0.3, -0.25) is 4.79 Å². The number of hydrogen-bond donors (Lipinski definition) is 1. The number of carbonyl (C=O) groups excluding carboxylic acids is 1. The number of ether oxygens (including phenoxy) is 2. The second-order valence-electron chi connectivity index (χ2n) is 6.59. The number of fused-ring (bicyclic) bond motifs is 2. The van der Waals surface area contributed by atoms with E-state index >= 15 is 0 Å². The third-order valence-corrected chi connectivity index (χ3v) is 4.74. The van der Waals surface area contributed by atoms with E-state index in [1.807, 2.05) is 43.6 Å². The van der Waals surface area contributed by atoms with Gasteiger partial charge in [0.1, 0.15) is 13.2 Å². The van der Waals surface area contributed by atoms with Crippen molar-refractivity contribution in [2.75, 3.05) is 20.3 Å². The molecule has 2 aromatic carbocycles. The molecule has 1 aliphatic heterocycles. The minimum Gasteiger partial charge on any atom is -0.486 e. The number of aromatic amines is 1. The molecule has 0 radical (unpaired) electrons. The largest absolute Gasteiger partial charge is 0.486 e. The molecule has 1 N–H and O–H groups in total. The summed E-state index contributed by atoms with van der Waals surface area (Å²) in [5.74, 6) is 1.66. The maximum Gasteiger partial charge on any atom is 0.222 e. The van der Waals surface area contributed by atoms with Crippen LogP contribution in [0.2, 0.25) is 0 Å². The number of benzene rings is 2. The molecule has 1 aromatic heterocycles. The molecule has 0 bridgehead atoms. The number of aryl methyl sites for hydroxylation is 1. The zero-order valence-electron chi connectivity index (χ0n) is 14.8. The van der Waals surface area contributed by atoms with Crippen molar-refractivity contribution in [3.05, 3.63) is 59.8 Å². The molecule has 0 saturated carbocycles. The molecule has 1 amide bonds. The van der Waals surface area contributed by atoms with Crippen LogP contribution in [-0.4, -0.2) is 36.1 Å². The van der Waals surface area contributed by atoms with Gasteiger partial charge in [0.05, 0.1) is 0 Å². The maximum atomic E-state index is 12.5. The minimum atomic E-state index is 0.130. The van der Waals surface area contributed by atoms with Gasteiger partial charge in [-0.25, -0.2) is 0 Å². The van der Waals surface area contributed by atoms with Crippen molar-refractivity contribution in [3.8, 4) is 11.5 Å². The first-order valence-electron chi connectivity index (χ1n) is 8.88. The van der Waals surface area contributed by atoms with E-state index in [4.69, 9.17) is 9.47 Å². The van der Waals surface area contributed by atoms with Gasteiger partial charge >= 0.3 is 0 Å². The summed E-state index contributed by atoms with van der Waals surface area (Å²) in [7, 11) is 1.84. The van der Waals surface area contributed by atoms with Crippen LogP contribution in [0.25, 0.3) is 10.9 Å². The lowest BCUT2D eigenvalue weighted by atomic mass is 10.1. The molecule has 5 nitrogen and oxygen atoms in total. The van der Waals surface area contributed by atoms with Crippen LogP contribution in [0.1, 0.15) is 17.5 Å². The summed E-state index contributed by atoms with van der Waals surface area (Å²) in [6.45, 7) is 1.71. The predicted octanol–water partition coefficient (Wildman–Crippen LogP) is 3.53. The molecule has 0 aliphatic carbocycles. The molecule has 5 heteroatoms. The van der Waals surface area contributed by atoms with Crippen LogP contribution in [0.5, 0.6) is 11.5 Å². The van der Waals surface area contributed by atoms with Gasteiger partial charge in [0, 0.05) is 37.1 Å². The molecule has 0 fully saturated rings. The van der Waals surface area contributed by atoms with Crippen LogP contribution in [0, 0.1) is 0 Å². The lowest BCUT2D eigenvalue weighted by molar-refractivity contribution is -0.130. The Bertz CT molecular complexity index is 932. The Balaban J connectivity index is 1.37. The highest BCUT2D eigenvalue weighted by Gasteiger charge is 2.15. The lowest BCUT2D eigenvalue weighted by Gasteiger charge is -2.21. The van der Waals surface area contributed by atoms with Crippen LogP contribution < -0.4 is 9.47 Å².